The number of ether oxygens (including phenoxy) is 1. The Balaban J connectivity index is 2.17. The van der Waals surface area contributed by atoms with Crippen molar-refractivity contribution in [2.75, 3.05) is 19.1 Å². The first-order chi connectivity index (χ1) is 9.02. The maximum Gasteiger partial charge on any atom is 0.131 e. The average molecular weight is 280 g/mol. The van der Waals surface area contributed by atoms with Crippen LogP contribution < -0.4 is 9.64 Å². The van der Waals surface area contributed by atoms with Crippen LogP contribution >= 0.6 is 11.6 Å². The van der Waals surface area contributed by atoms with Crippen molar-refractivity contribution in [1.29, 1.82) is 0 Å². The molecule has 4 nitrogen and oxygen atoms in total. The number of hydrogen-bond donors (Lipinski definition) is 0. The predicted octanol–water partition coefficient (Wildman–Crippen LogP) is 3.03. The number of halogens is 1. The molecule has 0 saturated heterocycles. The largest absolute Gasteiger partial charge is 0.497 e. The second-order valence-corrected chi connectivity index (χ2v) is 4.89. The Hall–Kier alpha value is -1.68. The third-order valence-corrected chi connectivity index (χ3v) is 3.65. The summed E-state index contributed by atoms with van der Waals surface area (Å²) in [6.07, 6.45) is 0. The van der Waals surface area contributed by atoms with Gasteiger partial charge in [-0.1, -0.05) is 11.6 Å². The molecule has 1 aromatic carbocycles. The van der Waals surface area contributed by atoms with Crippen LogP contribution in [0.15, 0.2) is 24.3 Å². The lowest BCUT2D eigenvalue weighted by Crippen LogP contribution is -2.16. The Bertz CT molecular complexity index is 563. The molecule has 0 N–H and O–H groups in total. The molecule has 0 unspecified atom stereocenters. The molecule has 0 aliphatic heterocycles. The second kappa shape index (κ2) is 5.53. The molecule has 2 aromatic rings. The molecule has 1 heterocycles. The Morgan fingerprint density at radius 1 is 1.32 bits per heavy atom. The van der Waals surface area contributed by atoms with Gasteiger partial charge in [-0.2, -0.15) is 5.10 Å². The summed E-state index contributed by atoms with van der Waals surface area (Å²) in [5, 5.41) is 5.02. The number of aromatic nitrogens is 2. The SMILES string of the molecule is COc1ccc(N(C)Cc2c(C)nn(C)c2Cl)cc1. The summed E-state index contributed by atoms with van der Waals surface area (Å²) in [4.78, 5) is 2.13. The van der Waals surface area contributed by atoms with Crippen molar-refractivity contribution in [3.8, 4) is 5.75 Å². The van der Waals surface area contributed by atoms with Crippen LogP contribution in [0, 0.1) is 6.92 Å². The quantitative estimate of drug-likeness (QED) is 0.862. The summed E-state index contributed by atoms with van der Waals surface area (Å²) >= 11 is 6.25. The minimum absolute atomic E-state index is 0.692. The van der Waals surface area contributed by atoms with Crippen LogP contribution in [0.2, 0.25) is 5.15 Å². The van der Waals surface area contributed by atoms with E-state index < -0.39 is 0 Å². The van der Waals surface area contributed by atoms with Crippen molar-refractivity contribution in [3.05, 3.63) is 40.7 Å². The fraction of sp³-hybridized carbons (Fsp3) is 0.357. The molecule has 0 atom stereocenters. The average Bonchev–Trinajstić information content (AvgIpc) is 2.65. The smallest absolute Gasteiger partial charge is 0.131 e. The maximum absolute atomic E-state index is 6.25. The third kappa shape index (κ3) is 2.84. The van der Waals surface area contributed by atoms with Crippen LogP contribution in [-0.2, 0) is 13.6 Å². The highest BCUT2D eigenvalue weighted by Gasteiger charge is 2.13. The lowest BCUT2D eigenvalue weighted by atomic mass is 10.2. The Kier molecular flexibility index (Phi) is 4.00. The van der Waals surface area contributed by atoms with Gasteiger partial charge in [0.2, 0.25) is 0 Å². The van der Waals surface area contributed by atoms with Crippen molar-refractivity contribution in [1.82, 2.24) is 9.78 Å². The van der Waals surface area contributed by atoms with Crippen LogP contribution in [0.1, 0.15) is 11.3 Å². The van der Waals surface area contributed by atoms with Crippen LogP contribution in [0.25, 0.3) is 0 Å². The molecule has 0 fully saturated rings. The maximum atomic E-state index is 6.25. The summed E-state index contributed by atoms with van der Waals surface area (Å²) in [6.45, 7) is 2.70. The van der Waals surface area contributed by atoms with Crippen LogP contribution in [0.3, 0.4) is 0 Å². The van der Waals surface area contributed by atoms with E-state index >= 15 is 0 Å². The molecule has 5 heteroatoms. The summed E-state index contributed by atoms with van der Waals surface area (Å²) in [7, 11) is 5.55. The molecule has 0 saturated carbocycles. The van der Waals surface area contributed by atoms with Gasteiger partial charge in [0, 0.05) is 31.9 Å². The van der Waals surface area contributed by atoms with Gasteiger partial charge in [-0.15, -0.1) is 0 Å². The highest BCUT2D eigenvalue weighted by atomic mass is 35.5. The van der Waals surface area contributed by atoms with Crippen LogP contribution in [-0.4, -0.2) is 23.9 Å². The summed E-state index contributed by atoms with van der Waals surface area (Å²) in [5.41, 5.74) is 3.13. The minimum Gasteiger partial charge on any atom is -0.497 e. The van der Waals surface area contributed by atoms with E-state index in [0.29, 0.717) is 5.15 Å². The molecule has 2 rings (SSSR count). The molecule has 0 spiro atoms. The normalized spacial score (nSPS) is 10.6. The van der Waals surface area contributed by atoms with Gasteiger partial charge < -0.3 is 9.64 Å². The van der Waals surface area contributed by atoms with Crippen molar-refractivity contribution >= 4 is 17.3 Å². The van der Waals surface area contributed by atoms with E-state index in [1.807, 2.05) is 45.3 Å². The second-order valence-electron chi connectivity index (χ2n) is 4.53. The van der Waals surface area contributed by atoms with Crippen molar-refractivity contribution in [2.45, 2.75) is 13.5 Å². The van der Waals surface area contributed by atoms with Gasteiger partial charge in [0.25, 0.3) is 0 Å². The van der Waals surface area contributed by atoms with Gasteiger partial charge in [0.15, 0.2) is 0 Å². The van der Waals surface area contributed by atoms with Crippen molar-refractivity contribution < 1.29 is 4.74 Å². The van der Waals surface area contributed by atoms with E-state index in [1.165, 1.54) is 0 Å². The van der Waals surface area contributed by atoms with Gasteiger partial charge >= 0.3 is 0 Å². The van der Waals surface area contributed by atoms with Crippen LogP contribution in [0.5, 0.6) is 5.75 Å². The van der Waals surface area contributed by atoms with E-state index in [2.05, 4.69) is 10.00 Å². The molecule has 0 radical (unpaired) electrons. The Morgan fingerprint density at radius 2 is 1.95 bits per heavy atom. The fourth-order valence-electron chi connectivity index (χ4n) is 2.02. The fourth-order valence-corrected chi connectivity index (χ4v) is 2.25. The lowest BCUT2D eigenvalue weighted by molar-refractivity contribution is 0.415. The van der Waals surface area contributed by atoms with Gasteiger partial charge in [0.05, 0.1) is 12.8 Å². The monoisotopic (exact) mass is 279 g/mol. The van der Waals surface area contributed by atoms with E-state index in [4.69, 9.17) is 16.3 Å². The molecule has 0 bridgehead atoms. The standard InChI is InChI=1S/C14H18ClN3O/c1-10-13(14(15)18(3)16-10)9-17(2)11-5-7-12(19-4)8-6-11/h5-8H,9H2,1-4H3. The number of anilines is 1. The molecule has 102 valence electrons. The summed E-state index contributed by atoms with van der Waals surface area (Å²) in [5.74, 6) is 0.854. The zero-order valence-corrected chi connectivity index (χ0v) is 12.4. The number of benzene rings is 1. The van der Waals surface area contributed by atoms with Crippen molar-refractivity contribution in [3.63, 3.8) is 0 Å². The zero-order valence-electron chi connectivity index (χ0n) is 11.6. The van der Waals surface area contributed by atoms with Crippen LogP contribution in [0.4, 0.5) is 5.69 Å². The highest BCUT2D eigenvalue weighted by molar-refractivity contribution is 6.30. The molecule has 19 heavy (non-hydrogen) atoms. The summed E-state index contributed by atoms with van der Waals surface area (Å²) in [6, 6.07) is 7.95. The topological polar surface area (TPSA) is 30.3 Å². The number of methoxy groups -OCH3 is 1. The third-order valence-electron chi connectivity index (χ3n) is 3.18. The van der Waals surface area contributed by atoms with Crippen molar-refractivity contribution in [2.24, 2.45) is 7.05 Å². The number of rotatable bonds is 4. The first kappa shape index (κ1) is 13.7. The Labute approximate surface area is 118 Å². The molecular weight excluding hydrogens is 262 g/mol. The number of aryl methyl sites for hydroxylation is 2. The first-order valence-corrected chi connectivity index (χ1v) is 6.44. The molecule has 0 aliphatic rings. The highest BCUT2D eigenvalue weighted by Crippen LogP contribution is 2.24. The van der Waals surface area contributed by atoms with Gasteiger partial charge in [0.1, 0.15) is 10.9 Å². The van der Waals surface area contributed by atoms with E-state index in [9.17, 15) is 0 Å². The minimum atomic E-state index is 0.692. The van der Waals surface area contributed by atoms with Gasteiger partial charge in [-0.3, -0.25) is 4.68 Å². The van der Waals surface area contributed by atoms with Gasteiger partial charge in [-0.25, -0.2) is 0 Å². The van der Waals surface area contributed by atoms with E-state index in [1.54, 1.807) is 11.8 Å². The van der Waals surface area contributed by atoms with E-state index in [-0.39, 0.29) is 0 Å². The first-order valence-electron chi connectivity index (χ1n) is 6.06. The van der Waals surface area contributed by atoms with E-state index in [0.717, 1.165) is 29.2 Å². The number of nitrogens with zero attached hydrogens (tertiary/aromatic N) is 3. The van der Waals surface area contributed by atoms with Gasteiger partial charge in [-0.05, 0) is 31.2 Å². The lowest BCUT2D eigenvalue weighted by Gasteiger charge is -2.19. The predicted molar refractivity (Wildman–Crippen MR) is 78.1 cm³/mol. The summed E-state index contributed by atoms with van der Waals surface area (Å²) < 4.78 is 6.86. The molecule has 0 amide bonds. The molecule has 1 aromatic heterocycles. The molecule has 0 aliphatic carbocycles. The number of hydrogen-bond acceptors (Lipinski definition) is 3. The zero-order chi connectivity index (χ0) is 14.0. The Morgan fingerprint density at radius 3 is 2.42 bits per heavy atom. The molecular formula is C14H18ClN3O.